The minimum Gasteiger partial charge on any atom is -0.384 e. The topological polar surface area (TPSA) is 94.0 Å². The van der Waals surface area contributed by atoms with E-state index in [-0.39, 0.29) is 17.6 Å². The summed E-state index contributed by atoms with van der Waals surface area (Å²) in [6.07, 6.45) is 4.97. The van der Waals surface area contributed by atoms with E-state index < -0.39 is 6.10 Å². The Balaban J connectivity index is 1.53. The molecule has 7 nitrogen and oxygen atoms in total. The summed E-state index contributed by atoms with van der Waals surface area (Å²) in [7, 11) is 1.81. The number of aliphatic hydroxyl groups excluding tert-OH is 1. The molecule has 0 aliphatic heterocycles. The number of aliphatic hydroxyl groups is 1. The zero-order chi connectivity index (χ0) is 18.3. The lowest BCUT2D eigenvalue weighted by atomic mass is 9.93. The van der Waals surface area contributed by atoms with Gasteiger partial charge in [-0.3, -0.25) is 9.48 Å². The normalized spacial score (nSPS) is 17.3. The molecule has 1 unspecified atom stereocenters. The summed E-state index contributed by atoms with van der Waals surface area (Å²) in [5.41, 5.74) is 3.95. The second kappa shape index (κ2) is 6.49. The third-order valence-electron chi connectivity index (χ3n) is 4.86. The predicted octanol–water partition coefficient (Wildman–Crippen LogP) is 2.83. The van der Waals surface area contributed by atoms with Gasteiger partial charge in [0.15, 0.2) is 5.78 Å². The van der Waals surface area contributed by atoms with E-state index in [0.29, 0.717) is 17.8 Å². The van der Waals surface area contributed by atoms with Crippen LogP contribution in [0.5, 0.6) is 0 Å². The van der Waals surface area contributed by atoms with Crippen LogP contribution in [0.3, 0.4) is 0 Å². The number of hydrogen-bond acceptors (Lipinski definition) is 6. The van der Waals surface area contributed by atoms with Crippen molar-refractivity contribution in [2.24, 2.45) is 7.05 Å². The van der Waals surface area contributed by atoms with Crippen LogP contribution in [0.25, 0.3) is 11.4 Å². The quantitative estimate of drug-likeness (QED) is 0.710. The van der Waals surface area contributed by atoms with Gasteiger partial charge in [0.05, 0.1) is 11.8 Å². The van der Waals surface area contributed by atoms with E-state index in [0.717, 1.165) is 18.4 Å². The number of hydrogen-bond donors (Lipinski definition) is 1. The first-order valence-electron chi connectivity index (χ1n) is 8.68. The molecule has 2 heterocycles. The first kappa shape index (κ1) is 16.7. The van der Waals surface area contributed by atoms with Crippen LogP contribution < -0.4 is 0 Å². The standard InChI is InChI=1S/C19H20N4O3/c1-11(24)19-21-18(22-26-19)14-5-6-16-12(7-14)3-4-13(16)8-17(25)15-9-20-23(2)10-15/h5-7,9-11,13,24H,3-4,8H2,1-2H3/t11?,13-/m0/s1. The van der Waals surface area contributed by atoms with Crippen LogP contribution in [0.4, 0.5) is 0 Å². The number of aromatic nitrogens is 4. The molecule has 0 saturated heterocycles. The first-order chi connectivity index (χ1) is 12.5. The Morgan fingerprint density at radius 2 is 2.31 bits per heavy atom. The van der Waals surface area contributed by atoms with Crippen molar-refractivity contribution >= 4 is 5.78 Å². The molecule has 3 aromatic rings. The second-order valence-electron chi connectivity index (χ2n) is 6.81. The third kappa shape index (κ3) is 3.06. The van der Waals surface area contributed by atoms with E-state index >= 15 is 0 Å². The lowest BCUT2D eigenvalue weighted by molar-refractivity contribution is 0.0973. The molecular weight excluding hydrogens is 332 g/mol. The van der Waals surface area contributed by atoms with Gasteiger partial charge in [-0.1, -0.05) is 17.3 Å². The summed E-state index contributed by atoms with van der Waals surface area (Å²) in [5, 5.41) is 17.5. The molecule has 7 heteroatoms. The van der Waals surface area contributed by atoms with Gasteiger partial charge in [-0.2, -0.15) is 10.1 Å². The average Bonchev–Trinajstić information content (AvgIpc) is 3.34. The van der Waals surface area contributed by atoms with Gasteiger partial charge in [0.25, 0.3) is 5.89 Å². The van der Waals surface area contributed by atoms with Crippen molar-refractivity contribution < 1.29 is 14.4 Å². The lowest BCUT2D eigenvalue weighted by Crippen LogP contribution is -2.04. The highest BCUT2D eigenvalue weighted by atomic mass is 16.5. The Morgan fingerprint density at radius 1 is 1.46 bits per heavy atom. The summed E-state index contributed by atoms with van der Waals surface area (Å²) in [4.78, 5) is 16.7. The zero-order valence-corrected chi connectivity index (χ0v) is 14.7. The SMILES string of the molecule is CC(O)c1nc(-c2ccc3c(c2)CC[C@H]3CC(=O)c2cnn(C)c2)no1. The van der Waals surface area contributed by atoms with Gasteiger partial charge >= 0.3 is 0 Å². The summed E-state index contributed by atoms with van der Waals surface area (Å²) in [5.74, 6) is 1.03. The number of carbonyl (C=O) groups is 1. The van der Waals surface area contributed by atoms with E-state index in [9.17, 15) is 9.90 Å². The highest BCUT2D eigenvalue weighted by molar-refractivity contribution is 5.96. The fourth-order valence-electron chi connectivity index (χ4n) is 3.49. The molecule has 0 radical (unpaired) electrons. The fourth-order valence-corrected chi connectivity index (χ4v) is 3.49. The second-order valence-corrected chi connectivity index (χ2v) is 6.81. The van der Waals surface area contributed by atoms with Crippen LogP contribution in [0.15, 0.2) is 35.1 Å². The largest absolute Gasteiger partial charge is 0.384 e. The Bertz CT molecular complexity index is 957. The number of aryl methyl sites for hydroxylation is 2. The molecule has 2 aromatic heterocycles. The molecule has 1 N–H and O–H groups in total. The number of ketones is 1. The Labute approximate surface area is 150 Å². The number of rotatable bonds is 5. The van der Waals surface area contributed by atoms with E-state index in [1.165, 1.54) is 11.1 Å². The van der Waals surface area contributed by atoms with Crippen molar-refractivity contribution in [3.8, 4) is 11.4 Å². The van der Waals surface area contributed by atoms with Crippen molar-refractivity contribution in [2.75, 3.05) is 0 Å². The summed E-state index contributed by atoms with van der Waals surface area (Å²) >= 11 is 0. The van der Waals surface area contributed by atoms with Gasteiger partial charge in [-0.05, 0) is 42.9 Å². The maximum Gasteiger partial charge on any atom is 0.255 e. The molecular formula is C19H20N4O3. The van der Waals surface area contributed by atoms with Crippen molar-refractivity contribution in [3.63, 3.8) is 0 Å². The van der Waals surface area contributed by atoms with Crippen LogP contribution >= 0.6 is 0 Å². The summed E-state index contributed by atoms with van der Waals surface area (Å²) in [6, 6.07) is 6.06. The maximum atomic E-state index is 12.5. The average molecular weight is 352 g/mol. The van der Waals surface area contributed by atoms with Crippen LogP contribution in [0.1, 0.15) is 59.2 Å². The molecule has 26 heavy (non-hydrogen) atoms. The van der Waals surface area contributed by atoms with Crippen LogP contribution in [-0.2, 0) is 13.5 Å². The van der Waals surface area contributed by atoms with Gasteiger partial charge in [-0.25, -0.2) is 0 Å². The van der Waals surface area contributed by atoms with E-state index in [1.807, 2.05) is 13.1 Å². The number of nitrogens with zero attached hydrogens (tertiary/aromatic N) is 4. The molecule has 1 aromatic carbocycles. The molecule has 134 valence electrons. The zero-order valence-electron chi connectivity index (χ0n) is 14.7. The van der Waals surface area contributed by atoms with Crippen molar-refractivity contribution in [1.29, 1.82) is 0 Å². The molecule has 0 bridgehead atoms. The predicted molar refractivity (Wildman–Crippen MR) is 93.6 cm³/mol. The summed E-state index contributed by atoms with van der Waals surface area (Å²) < 4.78 is 6.71. The van der Waals surface area contributed by atoms with Crippen LogP contribution in [-0.4, -0.2) is 30.8 Å². The summed E-state index contributed by atoms with van der Waals surface area (Å²) in [6.45, 7) is 1.59. The number of carbonyl (C=O) groups excluding carboxylic acids is 1. The first-order valence-corrected chi connectivity index (χ1v) is 8.68. The monoisotopic (exact) mass is 352 g/mol. The lowest BCUT2D eigenvalue weighted by Gasteiger charge is -2.10. The molecule has 4 rings (SSSR count). The van der Waals surface area contributed by atoms with E-state index in [2.05, 4.69) is 27.4 Å². The van der Waals surface area contributed by atoms with Gasteiger partial charge in [0, 0.05) is 25.2 Å². The van der Waals surface area contributed by atoms with E-state index in [4.69, 9.17) is 4.52 Å². The number of fused-ring (bicyclic) bond motifs is 1. The van der Waals surface area contributed by atoms with Gasteiger partial charge in [0.1, 0.15) is 6.10 Å². The minimum atomic E-state index is -0.784. The van der Waals surface area contributed by atoms with Crippen LogP contribution in [0.2, 0.25) is 0 Å². The Morgan fingerprint density at radius 3 is 3.00 bits per heavy atom. The number of Topliss-reactive ketones (excluding diaryl/α,β-unsaturated/α-hetero) is 1. The Hall–Kier alpha value is -2.80. The van der Waals surface area contributed by atoms with E-state index in [1.54, 1.807) is 24.0 Å². The molecule has 1 aliphatic carbocycles. The van der Waals surface area contributed by atoms with Crippen molar-refractivity contribution in [1.82, 2.24) is 19.9 Å². The highest BCUT2D eigenvalue weighted by Gasteiger charge is 2.26. The van der Waals surface area contributed by atoms with Crippen molar-refractivity contribution in [3.05, 3.63) is 53.2 Å². The third-order valence-corrected chi connectivity index (χ3v) is 4.86. The minimum absolute atomic E-state index is 0.125. The Kier molecular flexibility index (Phi) is 4.16. The maximum absolute atomic E-state index is 12.5. The number of benzene rings is 1. The fraction of sp³-hybridized carbons (Fsp3) is 0.368. The molecule has 0 saturated carbocycles. The molecule has 0 spiro atoms. The molecule has 0 amide bonds. The van der Waals surface area contributed by atoms with Crippen LogP contribution in [0, 0.1) is 0 Å². The molecule has 0 fully saturated rings. The van der Waals surface area contributed by atoms with Gasteiger partial charge < -0.3 is 9.63 Å². The highest BCUT2D eigenvalue weighted by Crippen LogP contribution is 2.38. The molecule has 1 aliphatic rings. The smallest absolute Gasteiger partial charge is 0.255 e. The van der Waals surface area contributed by atoms with Gasteiger partial charge in [-0.15, -0.1) is 0 Å². The van der Waals surface area contributed by atoms with Gasteiger partial charge in [0.2, 0.25) is 5.82 Å². The van der Waals surface area contributed by atoms with Crippen molar-refractivity contribution in [2.45, 2.75) is 38.2 Å². The molecule has 2 atom stereocenters.